The van der Waals surface area contributed by atoms with E-state index in [1.54, 1.807) is 7.11 Å². The summed E-state index contributed by atoms with van der Waals surface area (Å²) in [7, 11) is 1.63. The molecule has 0 heterocycles. The van der Waals surface area contributed by atoms with Gasteiger partial charge in [0.1, 0.15) is 0 Å². The summed E-state index contributed by atoms with van der Waals surface area (Å²) in [6, 6.07) is 0. The summed E-state index contributed by atoms with van der Waals surface area (Å²) in [6.45, 7) is 4.13. The van der Waals surface area contributed by atoms with Crippen LogP contribution in [0.25, 0.3) is 0 Å². The zero-order chi connectivity index (χ0) is 9.23. The largest absolute Gasteiger partial charge is 0.394 e. The molecule has 0 spiro atoms. The first kappa shape index (κ1) is 11.8. The number of ether oxygens (including phenoxy) is 3. The van der Waals surface area contributed by atoms with Crippen LogP contribution < -0.4 is 0 Å². The third-order valence-corrected chi connectivity index (χ3v) is 1.32. The van der Waals surface area contributed by atoms with E-state index < -0.39 is 0 Å². The van der Waals surface area contributed by atoms with Crippen molar-refractivity contribution >= 4 is 0 Å². The van der Waals surface area contributed by atoms with Crippen LogP contribution in [0.4, 0.5) is 0 Å². The first-order chi connectivity index (χ1) is 5.81. The van der Waals surface area contributed by atoms with Crippen molar-refractivity contribution in [3.05, 3.63) is 0 Å². The molecule has 0 aromatic rings. The molecule has 0 aliphatic rings. The third-order valence-electron chi connectivity index (χ3n) is 1.32. The van der Waals surface area contributed by atoms with E-state index in [4.69, 9.17) is 19.3 Å². The van der Waals surface area contributed by atoms with Crippen molar-refractivity contribution in [2.45, 2.75) is 13.0 Å². The molecule has 4 heteroatoms. The topological polar surface area (TPSA) is 47.9 Å². The van der Waals surface area contributed by atoms with Crippen LogP contribution >= 0.6 is 0 Å². The Labute approximate surface area is 73.4 Å². The maximum absolute atomic E-state index is 8.59. The van der Waals surface area contributed by atoms with Crippen molar-refractivity contribution < 1.29 is 19.3 Å². The summed E-state index contributed by atoms with van der Waals surface area (Å²) in [4.78, 5) is 0. The molecule has 0 aliphatic heterocycles. The smallest absolute Gasteiger partial charge is 0.0778 e. The number of aliphatic hydroxyl groups excluding tert-OH is 1. The minimum Gasteiger partial charge on any atom is -0.394 e. The quantitative estimate of drug-likeness (QED) is 0.533. The van der Waals surface area contributed by atoms with Crippen molar-refractivity contribution in [3.63, 3.8) is 0 Å². The molecule has 0 aromatic carbocycles. The van der Waals surface area contributed by atoms with Gasteiger partial charge < -0.3 is 19.3 Å². The average Bonchev–Trinajstić information content (AvgIpc) is 2.10. The van der Waals surface area contributed by atoms with Crippen LogP contribution in [0.1, 0.15) is 6.92 Å². The fourth-order valence-corrected chi connectivity index (χ4v) is 0.605. The van der Waals surface area contributed by atoms with Crippen molar-refractivity contribution in [2.75, 3.05) is 40.1 Å². The van der Waals surface area contributed by atoms with Gasteiger partial charge in [-0.15, -0.1) is 0 Å². The minimum absolute atomic E-state index is 0.0536. The molecule has 0 amide bonds. The van der Waals surface area contributed by atoms with Gasteiger partial charge in [-0.1, -0.05) is 0 Å². The van der Waals surface area contributed by atoms with Crippen LogP contribution in [-0.4, -0.2) is 51.4 Å². The van der Waals surface area contributed by atoms with E-state index >= 15 is 0 Å². The summed E-state index contributed by atoms with van der Waals surface area (Å²) in [5.74, 6) is 0. The number of methoxy groups -OCH3 is 1. The Morgan fingerprint density at radius 1 is 1.17 bits per heavy atom. The summed E-state index contributed by atoms with van der Waals surface area (Å²) >= 11 is 0. The lowest BCUT2D eigenvalue weighted by Gasteiger charge is -2.09. The highest BCUT2D eigenvalue weighted by atomic mass is 16.5. The maximum atomic E-state index is 8.59. The van der Waals surface area contributed by atoms with E-state index in [2.05, 4.69) is 0 Å². The fraction of sp³-hybridized carbons (Fsp3) is 1.00. The molecule has 0 saturated carbocycles. The Bertz CT molecular complexity index is 87.1. The molecule has 0 aliphatic carbocycles. The predicted octanol–water partition coefficient (Wildman–Crippen LogP) is 0.0468. The van der Waals surface area contributed by atoms with E-state index in [1.807, 2.05) is 6.92 Å². The zero-order valence-corrected chi connectivity index (χ0v) is 7.78. The lowest BCUT2D eigenvalue weighted by molar-refractivity contribution is -0.0181. The molecule has 0 rings (SSSR count). The summed E-state index contributed by atoms with van der Waals surface area (Å²) < 4.78 is 15.1. The lowest BCUT2D eigenvalue weighted by Crippen LogP contribution is -2.17. The van der Waals surface area contributed by atoms with Crippen LogP contribution in [0.15, 0.2) is 0 Å². The van der Waals surface area contributed by atoms with Gasteiger partial charge in [0.15, 0.2) is 0 Å². The van der Waals surface area contributed by atoms with E-state index in [9.17, 15) is 0 Å². The molecule has 4 nitrogen and oxygen atoms in total. The Morgan fingerprint density at radius 3 is 2.42 bits per heavy atom. The second-order valence-electron chi connectivity index (χ2n) is 2.47. The predicted molar refractivity (Wildman–Crippen MR) is 45.2 cm³/mol. The summed E-state index contributed by atoms with van der Waals surface area (Å²) in [5.41, 5.74) is 0. The molecular weight excluding hydrogens is 160 g/mol. The minimum atomic E-state index is -0.101. The molecule has 0 fully saturated rings. The summed E-state index contributed by atoms with van der Waals surface area (Å²) in [6.07, 6.45) is -0.101. The summed E-state index contributed by atoms with van der Waals surface area (Å²) in [5, 5.41) is 8.59. The first-order valence-corrected chi connectivity index (χ1v) is 4.10. The standard InChI is InChI=1S/C8H18O4/c1-8(7-9)12-6-5-11-4-3-10-2/h8-9H,3-7H2,1-2H3/t8-/m0/s1. The number of hydrogen-bond donors (Lipinski definition) is 1. The molecule has 0 radical (unpaired) electrons. The second-order valence-corrected chi connectivity index (χ2v) is 2.47. The van der Waals surface area contributed by atoms with Crippen LogP contribution in [0.2, 0.25) is 0 Å². The van der Waals surface area contributed by atoms with Crippen molar-refractivity contribution in [2.24, 2.45) is 0 Å². The molecule has 74 valence electrons. The van der Waals surface area contributed by atoms with E-state index in [0.29, 0.717) is 26.4 Å². The van der Waals surface area contributed by atoms with Gasteiger partial charge in [0, 0.05) is 7.11 Å². The van der Waals surface area contributed by atoms with Crippen LogP contribution in [0.5, 0.6) is 0 Å². The monoisotopic (exact) mass is 178 g/mol. The van der Waals surface area contributed by atoms with E-state index in [0.717, 1.165) is 0 Å². The van der Waals surface area contributed by atoms with Crippen LogP contribution in [0, 0.1) is 0 Å². The van der Waals surface area contributed by atoms with Gasteiger partial charge in [0.2, 0.25) is 0 Å². The zero-order valence-electron chi connectivity index (χ0n) is 7.78. The van der Waals surface area contributed by atoms with Gasteiger partial charge >= 0.3 is 0 Å². The van der Waals surface area contributed by atoms with Gasteiger partial charge in [-0.3, -0.25) is 0 Å². The first-order valence-electron chi connectivity index (χ1n) is 4.10. The highest BCUT2D eigenvalue weighted by Gasteiger charge is 1.97. The van der Waals surface area contributed by atoms with Gasteiger partial charge in [-0.25, -0.2) is 0 Å². The maximum Gasteiger partial charge on any atom is 0.0778 e. The highest BCUT2D eigenvalue weighted by Crippen LogP contribution is 1.88. The highest BCUT2D eigenvalue weighted by molar-refractivity contribution is 4.43. The molecule has 1 N–H and O–H groups in total. The molecule has 0 unspecified atom stereocenters. The normalized spacial score (nSPS) is 13.2. The van der Waals surface area contributed by atoms with Crippen LogP contribution in [-0.2, 0) is 14.2 Å². The average molecular weight is 178 g/mol. The number of aliphatic hydroxyl groups is 1. The van der Waals surface area contributed by atoms with Crippen LogP contribution in [0.3, 0.4) is 0 Å². The Morgan fingerprint density at radius 2 is 1.83 bits per heavy atom. The molecule has 0 bridgehead atoms. The number of rotatable bonds is 8. The van der Waals surface area contributed by atoms with Gasteiger partial charge in [-0.05, 0) is 6.92 Å². The Balaban J connectivity index is 2.90. The van der Waals surface area contributed by atoms with Crippen molar-refractivity contribution in [1.82, 2.24) is 0 Å². The SMILES string of the molecule is COCCOCCO[C@@H](C)CO. The molecule has 1 atom stereocenters. The molecule has 0 saturated heterocycles. The second kappa shape index (κ2) is 8.93. The fourth-order valence-electron chi connectivity index (χ4n) is 0.605. The molecular formula is C8H18O4. The Hall–Kier alpha value is -0.160. The van der Waals surface area contributed by atoms with E-state index in [1.165, 1.54) is 0 Å². The van der Waals surface area contributed by atoms with Crippen molar-refractivity contribution in [1.29, 1.82) is 0 Å². The van der Waals surface area contributed by atoms with Crippen molar-refractivity contribution in [3.8, 4) is 0 Å². The van der Waals surface area contributed by atoms with Gasteiger partial charge in [0.05, 0.1) is 39.1 Å². The Kier molecular flexibility index (Phi) is 8.81. The number of hydrogen-bond acceptors (Lipinski definition) is 4. The molecule has 0 aromatic heterocycles. The molecule has 12 heavy (non-hydrogen) atoms. The van der Waals surface area contributed by atoms with Gasteiger partial charge in [-0.2, -0.15) is 0 Å². The lowest BCUT2D eigenvalue weighted by atomic mass is 10.4. The van der Waals surface area contributed by atoms with Gasteiger partial charge in [0.25, 0.3) is 0 Å². The van der Waals surface area contributed by atoms with E-state index in [-0.39, 0.29) is 12.7 Å². The third kappa shape index (κ3) is 7.94.